The first-order valence-corrected chi connectivity index (χ1v) is 12.4. The summed E-state index contributed by atoms with van der Waals surface area (Å²) in [6.45, 7) is 6.27. The van der Waals surface area contributed by atoms with Gasteiger partial charge in [-0.15, -0.1) is 0 Å². The number of anilines is 4. The van der Waals surface area contributed by atoms with Crippen LogP contribution >= 0.6 is 0 Å². The van der Waals surface area contributed by atoms with Crippen LogP contribution in [0.2, 0.25) is 0 Å². The second kappa shape index (κ2) is 6.85. The lowest BCUT2D eigenvalue weighted by molar-refractivity contribution is 0.625. The Morgan fingerprint density at radius 3 is 2.11 bits per heavy atom. The third-order valence-corrected chi connectivity index (χ3v) is 7.52. The largest absolute Gasteiger partial charge is 0.465 e. The van der Waals surface area contributed by atoms with E-state index >= 15 is 0 Å². The van der Waals surface area contributed by atoms with Crippen LogP contribution in [0.25, 0.3) is 33.1 Å². The van der Waals surface area contributed by atoms with Gasteiger partial charge in [-0.3, -0.25) is 0 Å². The van der Waals surface area contributed by atoms with Gasteiger partial charge in [0, 0.05) is 33.3 Å². The summed E-state index contributed by atoms with van der Waals surface area (Å²) in [5, 5.41) is 2.25. The molecule has 6 aromatic rings. The first kappa shape index (κ1) is 19.9. The van der Waals surface area contributed by atoms with Gasteiger partial charge in [-0.05, 0) is 74.4 Å². The minimum atomic E-state index is -0.192. The van der Waals surface area contributed by atoms with Gasteiger partial charge in [0.15, 0.2) is 0 Å². The molecule has 0 aliphatic carbocycles. The Kier molecular flexibility index (Phi) is 3.78. The topological polar surface area (TPSA) is 32.8 Å². The molecular weight excluding hydrogens is 443 g/mol. The fourth-order valence-corrected chi connectivity index (χ4v) is 6.18. The van der Waals surface area contributed by atoms with Gasteiger partial charge in [-0.1, -0.05) is 48.0 Å². The molecule has 0 radical (unpaired) electrons. The van der Waals surface area contributed by atoms with Crippen molar-refractivity contribution in [3.8, 4) is 11.1 Å². The average molecular weight is 466 g/mol. The number of para-hydroxylation sites is 2. The standard InChI is InChI=1S/C31H23BN2O2/c1-18-12-13-25-24(17-18)28-22-8-4-6-10-26(22)35-30(28)32-33(21-15-19(2)14-20(3)16-21)29-23-9-5-7-11-27(23)36-31(29)34(25)32/h4-17H,1-3H3. The smallest absolute Gasteiger partial charge is 0.462 e. The minimum Gasteiger partial charge on any atom is -0.465 e. The second-order valence-corrected chi connectivity index (χ2v) is 10.1. The number of nitrogens with zero attached hydrogens (tertiary/aromatic N) is 2. The lowest BCUT2D eigenvalue weighted by Crippen LogP contribution is -2.55. The van der Waals surface area contributed by atoms with Crippen LogP contribution in [0.3, 0.4) is 0 Å². The summed E-state index contributed by atoms with van der Waals surface area (Å²) in [6.07, 6.45) is 0. The van der Waals surface area contributed by atoms with E-state index in [2.05, 4.69) is 103 Å². The molecule has 0 N–H and O–H groups in total. The third kappa shape index (κ3) is 2.50. The summed E-state index contributed by atoms with van der Waals surface area (Å²) in [5.74, 6) is 0.858. The van der Waals surface area contributed by atoms with E-state index in [0.717, 1.165) is 50.5 Å². The Labute approximate surface area is 209 Å². The van der Waals surface area contributed by atoms with Gasteiger partial charge in [-0.25, -0.2) is 0 Å². The molecule has 0 unspecified atom stereocenters. The molecule has 4 heterocycles. The summed E-state index contributed by atoms with van der Waals surface area (Å²) in [4.78, 5) is 4.73. The zero-order valence-corrected chi connectivity index (χ0v) is 20.4. The number of fused-ring (bicyclic) bond motifs is 12. The predicted octanol–water partition coefficient (Wildman–Crippen LogP) is 7.77. The molecule has 0 saturated heterocycles. The molecule has 2 aromatic heterocycles. The van der Waals surface area contributed by atoms with Crippen molar-refractivity contribution in [3.63, 3.8) is 0 Å². The Hall–Kier alpha value is -4.38. The van der Waals surface area contributed by atoms with Crippen molar-refractivity contribution in [1.82, 2.24) is 0 Å². The molecule has 0 fully saturated rings. The Balaban J connectivity index is 1.52. The summed E-state index contributed by atoms with van der Waals surface area (Å²) < 4.78 is 13.3. The Bertz CT molecular complexity index is 1840. The number of aryl methyl sites for hydroxylation is 3. The van der Waals surface area contributed by atoms with Gasteiger partial charge >= 0.3 is 6.98 Å². The maximum atomic E-state index is 6.70. The van der Waals surface area contributed by atoms with Crippen LogP contribution in [0, 0.1) is 20.8 Å². The molecule has 172 valence electrons. The number of hydrogen-bond donors (Lipinski definition) is 0. The summed E-state index contributed by atoms with van der Waals surface area (Å²) in [7, 11) is 0. The average Bonchev–Trinajstić information content (AvgIpc) is 3.52. The zero-order valence-electron chi connectivity index (χ0n) is 20.4. The molecule has 0 bridgehead atoms. The van der Waals surface area contributed by atoms with Crippen molar-refractivity contribution in [3.05, 3.63) is 102 Å². The maximum Gasteiger partial charge on any atom is 0.462 e. The van der Waals surface area contributed by atoms with Crippen LogP contribution < -0.4 is 15.3 Å². The molecule has 0 amide bonds. The Morgan fingerprint density at radius 1 is 0.639 bits per heavy atom. The minimum absolute atomic E-state index is 0.192. The van der Waals surface area contributed by atoms with E-state index in [1.54, 1.807) is 0 Å². The van der Waals surface area contributed by atoms with Gasteiger partial charge < -0.3 is 18.5 Å². The highest BCUT2D eigenvalue weighted by atomic mass is 16.4. The molecule has 4 nitrogen and oxygen atoms in total. The highest BCUT2D eigenvalue weighted by Gasteiger charge is 2.53. The fraction of sp³-hybridized carbons (Fsp3) is 0.0968. The van der Waals surface area contributed by atoms with E-state index in [1.807, 2.05) is 12.1 Å². The molecule has 36 heavy (non-hydrogen) atoms. The van der Waals surface area contributed by atoms with Gasteiger partial charge in [0.2, 0.25) is 5.88 Å². The third-order valence-electron chi connectivity index (χ3n) is 7.52. The van der Waals surface area contributed by atoms with Crippen molar-refractivity contribution in [1.29, 1.82) is 0 Å². The van der Waals surface area contributed by atoms with Gasteiger partial charge in [-0.2, -0.15) is 0 Å². The van der Waals surface area contributed by atoms with E-state index < -0.39 is 0 Å². The van der Waals surface area contributed by atoms with Crippen LogP contribution in [0.5, 0.6) is 0 Å². The number of rotatable bonds is 1. The normalized spacial score (nSPS) is 13.8. The molecule has 0 atom stereocenters. The highest BCUT2D eigenvalue weighted by Crippen LogP contribution is 2.56. The number of hydrogen-bond acceptors (Lipinski definition) is 4. The van der Waals surface area contributed by atoms with E-state index in [4.69, 9.17) is 8.83 Å². The SMILES string of the molecule is Cc1cc(C)cc(N2B3c4oc5ccccc5c4-c4cc(C)ccc4N3c3oc4ccccc4c32)c1. The van der Waals surface area contributed by atoms with Crippen LogP contribution in [-0.2, 0) is 0 Å². The lowest BCUT2D eigenvalue weighted by atomic mass is 9.63. The highest BCUT2D eigenvalue weighted by molar-refractivity contribution is 6.86. The monoisotopic (exact) mass is 466 g/mol. The summed E-state index contributed by atoms with van der Waals surface area (Å²) >= 11 is 0. The van der Waals surface area contributed by atoms with Crippen molar-refractivity contribution in [2.24, 2.45) is 0 Å². The first-order valence-electron chi connectivity index (χ1n) is 12.4. The van der Waals surface area contributed by atoms with Crippen molar-refractivity contribution < 1.29 is 8.83 Å². The molecule has 0 saturated carbocycles. The van der Waals surface area contributed by atoms with Crippen LogP contribution in [-0.4, -0.2) is 6.98 Å². The quantitative estimate of drug-likeness (QED) is 0.232. The molecule has 8 rings (SSSR count). The fourth-order valence-electron chi connectivity index (χ4n) is 6.18. The van der Waals surface area contributed by atoms with E-state index in [1.165, 1.54) is 27.8 Å². The van der Waals surface area contributed by atoms with Crippen molar-refractivity contribution in [2.75, 3.05) is 9.62 Å². The van der Waals surface area contributed by atoms with E-state index in [-0.39, 0.29) is 6.98 Å². The van der Waals surface area contributed by atoms with Gasteiger partial charge in [0.25, 0.3) is 0 Å². The molecule has 5 heteroatoms. The van der Waals surface area contributed by atoms with Crippen LogP contribution in [0.4, 0.5) is 22.9 Å². The molecule has 2 aliphatic rings. The number of furan rings is 2. The Morgan fingerprint density at radius 2 is 1.33 bits per heavy atom. The number of benzene rings is 4. The zero-order chi connectivity index (χ0) is 24.1. The molecule has 4 aromatic carbocycles. The van der Waals surface area contributed by atoms with Crippen LogP contribution in [0.1, 0.15) is 16.7 Å². The maximum absolute atomic E-state index is 6.70. The van der Waals surface area contributed by atoms with Gasteiger partial charge in [0.05, 0.1) is 0 Å². The predicted molar refractivity (Wildman–Crippen MR) is 148 cm³/mol. The molecule has 0 spiro atoms. The first-order chi connectivity index (χ1) is 17.6. The van der Waals surface area contributed by atoms with Crippen LogP contribution in [0.15, 0.2) is 93.8 Å². The van der Waals surface area contributed by atoms with E-state index in [0.29, 0.717) is 0 Å². The summed E-state index contributed by atoms with van der Waals surface area (Å²) in [6, 6.07) is 30.1. The van der Waals surface area contributed by atoms with Gasteiger partial charge in [0.1, 0.15) is 22.5 Å². The second-order valence-electron chi connectivity index (χ2n) is 10.1. The van der Waals surface area contributed by atoms with E-state index in [9.17, 15) is 0 Å². The van der Waals surface area contributed by atoms with Crippen molar-refractivity contribution >= 4 is 57.5 Å². The summed E-state index contributed by atoms with van der Waals surface area (Å²) in [5.41, 5.74) is 12.1. The molecular formula is C31H23BN2O2. The lowest BCUT2D eigenvalue weighted by Gasteiger charge is -2.33. The molecule has 2 aliphatic heterocycles. The van der Waals surface area contributed by atoms with Crippen molar-refractivity contribution in [2.45, 2.75) is 20.8 Å².